The molecule has 1 fully saturated rings. The van der Waals surface area contributed by atoms with E-state index in [-0.39, 0.29) is 11.9 Å². The lowest BCUT2D eigenvalue weighted by Gasteiger charge is -2.19. The molecule has 1 aliphatic rings. The summed E-state index contributed by atoms with van der Waals surface area (Å²) in [6.45, 7) is 3.26. The summed E-state index contributed by atoms with van der Waals surface area (Å²) in [6, 6.07) is 15.4. The Hall–Kier alpha value is -1.79. The molecule has 4 nitrogen and oxygen atoms in total. The molecule has 1 heterocycles. The molecule has 0 spiro atoms. The van der Waals surface area contributed by atoms with Gasteiger partial charge in [-0.05, 0) is 28.8 Å². The monoisotopic (exact) mass is 329 g/mol. The molecule has 0 amide bonds. The van der Waals surface area contributed by atoms with Gasteiger partial charge in [0.15, 0.2) is 0 Å². The average molecular weight is 329 g/mol. The van der Waals surface area contributed by atoms with Gasteiger partial charge in [0.25, 0.3) is 0 Å². The van der Waals surface area contributed by atoms with E-state index in [4.69, 9.17) is 4.74 Å². The van der Waals surface area contributed by atoms with Gasteiger partial charge >= 0.3 is 0 Å². The molecule has 3 N–H and O–H groups in total. The molecule has 5 heteroatoms. The van der Waals surface area contributed by atoms with Crippen molar-refractivity contribution in [3.8, 4) is 0 Å². The van der Waals surface area contributed by atoms with E-state index in [0.29, 0.717) is 12.5 Å². The summed E-state index contributed by atoms with van der Waals surface area (Å²) in [4.78, 5) is 0. The van der Waals surface area contributed by atoms with Crippen LogP contribution in [-0.4, -0.2) is 20.2 Å². The van der Waals surface area contributed by atoms with Crippen LogP contribution >= 0.6 is 0 Å². The quantitative estimate of drug-likeness (QED) is 0.730. The molecular formula is C19H24FN3O. The van der Waals surface area contributed by atoms with Crippen molar-refractivity contribution in [1.82, 2.24) is 16.2 Å². The molecule has 0 radical (unpaired) electrons. The molecular weight excluding hydrogens is 305 g/mol. The van der Waals surface area contributed by atoms with Crippen LogP contribution in [0.25, 0.3) is 0 Å². The Labute approximate surface area is 142 Å². The SMILES string of the molecule is COCc1ccc(CNCC2CNNC2c2ccc(F)cc2)cc1. The zero-order valence-corrected chi connectivity index (χ0v) is 13.9. The van der Waals surface area contributed by atoms with E-state index >= 15 is 0 Å². The minimum Gasteiger partial charge on any atom is -0.380 e. The van der Waals surface area contributed by atoms with Crippen LogP contribution in [-0.2, 0) is 17.9 Å². The molecule has 3 rings (SSSR count). The highest BCUT2D eigenvalue weighted by atomic mass is 19.1. The Morgan fingerprint density at radius 1 is 1.08 bits per heavy atom. The molecule has 0 bridgehead atoms. The van der Waals surface area contributed by atoms with Crippen molar-refractivity contribution in [1.29, 1.82) is 0 Å². The van der Waals surface area contributed by atoms with Crippen molar-refractivity contribution in [2.24, 2.45) is 5.92 Å². The first-order valence-corrected chi connectivity index (χ1v) is 8.27. The van der Waals surface area contributed by atoms with Gasteiger partial charge in [-0.1, -0.05) is 36.4 Å². The topological polar surface area (TPSA) is 45.3 Å². The van der Waals surface area contributed by atoms with Crippen molar-refractivity contribution in [3.63, 3.8) is 0 Å². The molecule has 0 aromatic heterocycles. The minimum absolute atomic E-state index is 0.196. The van der Waals surface area contributed by atoms with Crippen LogP contribution in [0.1, 0.15) is 22.7 Å². The second-order valence-corrected chi connectivity index (χ2v) is 6.19. The van der Waals surface area contributed by atoms with Crippen molar-refractivity contribution in [2.75, 3.05) is 20.2 Å². The highest BCUT2D eigenvalue weighted by Gasteiger charge is 2.27. The van der Waals surface area contributed by atoms with Gasteiger partial charge in [-0.25, -0.2) is 9.82 Å². The van der Waals surface area contributed by atoms with E-state index in [0.717, 1.165) is 25.2 Å². The Kier molecular flexibility index (Phi) is 5.93. The molecule has 2 aromatic carbocycles. The van der Waals surface area contributed by atoms with E-state index in [1.165, 1.54) is 23.3 Å². The standard InChI is InChI=1S/C19H24FN3O/c1-24-13-15-4-2-14(3-5-15)10-21-11-17-12-22-23-19(17)16-6-8-18(20)9-7-16/h2-9,17,19,21-23H,10-13H2,1H3. The molecule has 2 unspecified atom stereocenters. The maximum atomic E-state index is 13.1. The maximum absolute atomic E-state index is 13.1. The average Bonchev–Trinajstić information content (AvgIpc) is 3.06. The van der Waals surface area contributed by atoms with Gasteiger partial charge in [-0.15, -0.1) is 0 Å². The van der Waals surface area contributed by atoms with E-state index in [9.17, 15) is 4.39 Å². The number of nitrogens with one attached hydrogen (secondary N) is 3. The summed E-state index contributed by atoms with van der Waals surface area (Å²) in [7, 11) is 1.71. The van der Waals surface area contributed by atoms with Crippen LogP contribution in [0.15, 0.2) is 48.5 Å². The van der Waals surface area contributed by atoms with E-state index in [2.05, 4.69) is 40.4 Å². The van der Waals surface area contributed by atoms with Crippen LogP contribution < -0.4 is 16.2 Å². The molecule has 0 saturated carbocycles. The lowest BCUT2D eigenvalue weighted by molar-refractivity contribution is 0.185. The van der Waals surface area contributed by atoms with Gasteiger partial charge in [0.05, 0.1) is 12.6 Å². The van der Waals surface area contributed by atoms with Gasteiger partial charge < -0.3 is 10.1 Å². The van der Waals surface area contributed by atoms with Gasteiger partial charge in [-0.2, -0.15) is 0 Å². The largest absolute Gasteiger partial charge is 0.380 e. The summed E-state index contributed by atoms with van der Waals surface area (Å²) in [5, 5.41) is 3.52. The maximum Gasteiger partial charge on any atom is 0.123 e. The van der Waals surface area contributed by atoms with Gasteiger partial charge in [0.2, 0.25) is 0 Å². The van der Waals surface area contributed by atoms with E-state index < -0.39 is 0 Å². The van der Waals surface area contributed by atoms with Crippen LogP contribution in [0.3, 0.4) is 0 Å². The fourth-order valence-corrected chi connectivity index (χ4v) is 3.07. The smallest absolute Gasteiger partial charge is 0.123 e. The first-order valence-electron chi connectivity index (χ1n) is 8.27. The number of methoxy groups -OCH3 is 1. The third-order valence-electron chi connectivity index (χ3n) is 4.39. The molecule has 2 atom stereocenters. The van der Waals surface area contributed by atoms with E-state index in [1.54, 1.807) is 7.11 Å². The van der Waals surface area contributed by atoms with Crippen molar-refractivity contribution in [2.45, 2.75) is 19.2 Å². The van der Waals surface area contributed by atoms with Crippen molar-refractivity contribution in [3.05, 3.63) is 71.0 Å². The summed E-state index contributed by atoms with van der Waals surface area (Å²) in [6.07, 6.45) is 0. The summed E-state index contributed by atoms with van der Waals surface area (Å²) < 4.78 is 18.2. The Bertz CT molecular complexity index is 630. The molecule has 128 valence electrons. The minimum atomic E-state index is -0.198. The third-order valence-corrected chi connectivity index (χ3v) is 4.39. The van der Waals surface area contributed by atoms with Gasteiger partial charge in [-0.3, -0.25) is 5.43 Å². The predicted molar refractivity (Wildman–Crippen MR) is 92.6 cm³/mol. The molecule has 24 heavy (non-hydrogen) atoms. The number of rotatable bonds is 7. The summed E-state index contributed by atoms with van der Waals surface area (Å²) in [5.41, 5.74) is 10.0. The summed E-state index contributed by atoms with van der Waals surface area (Å²) in [5.74, 6) is 0.222. The second kappa shape index (κ2) is 8.35. The fraction of sp³-hybridized carbons (Fsp3) is 0.368. The number of halogens is 1. The lowest BCUT2D eigenvalue weighted by atomic mass is 9.95. The Balaban J connectivity index is 1.51. The predicted octanol–water partition coefficient (Wildman–Crippen LogP) is 2.53. The number of hydrogen-bond donors (Lipinski definition) is 3. The first-order chi connectivity index (χ1) is 11.8. The van der Waals surface area contributed by atoms with Gasteiger partial charge in [0, 0.05) is 32.7 Å². The second-order valence-electron chi connectivity index (χ2n) is 6.19. The van der Waals surface area contributed by atoms with E-state index in [1.807, 2.05) is 12.1 Å². The number of ether oxygens (including phenoxy) is 1. The number of benzene rings is 2. The first kappa shape index (κ1) is 17.0. The Morgan fingerprint density at radius 3 is 2.50 bits per heavy atom. The molecule has 2 aromatic rings. The zero-order chi connectivity index (χ0) is 16.8. The highest BCUT2D eigenvalue weighted by molar-refractivity contribution is 5.23. The van der Waals surface area contributed by atoms with Gasteiger partial charge in [0.1, 0.15) is 5.82 Å². The molecule has 1 saturated heterocycles. The molecule has 0 aliphatic carbocycles. The Morgan fingerprint density at radius 2 is 1.79 bits per heavy atom. The zero-order valence-electron chi connectivity index (χ0n) is 13.9. The van der Waals surface area contributed by atoms with Crippen LogP contribution in [0.2, 0.25) is 0 Å². The van der Waals surface area contributed by atoms with Crippen molar-refractivity contribution < 1.29 is 9.13 Å². The highest BCUT2D eigenvalue weighted by Crippen LogP contribution is 2.24. The number of hydrogen-bond acceptors (Lipinski definition) is 4. The fourth-order valence-electron chi connectivity index (χ4n) is 3.07. The van der Waals surface area contributed by atoms with Crippen molar-refractivity contribution >= 4 is 0 Å². The lowest BCUT2D eigenvalue weighted by Crippen LogP contribution is -2.28. The van der Waals surface area contributed by atoms with Crippen LogP contribution in [0.4, 0.5) is 4.39 Å². The van der Waals surface area contributed by atoms with Crippen LogP contribution in [0, 0.1) is 11.7 Å². The molecule has 1 aliphatic heterocycles. The number of hydrazine groups is 1. The third kappa shape index (κ3) is 4.39. The summed E-state index contributed by atoms with van der Waals surface area (Å²) >= 11 is 0. The van der Waals surface area contributed by atoms with Crippen LogP contribution in [0.5, 0.6) is 0 Å². The normalized spacial score (nSPS) is 20.4.